The quantitative estimate of drug-likeness (QED) is 0.643. The van der Waals surface area contributed by atoms with Crippen LogP contribution in [0.4, 0.5) is 14.5 Å². The Morgan fingerprint density at radius 3 is 2.75 bits per heavy atom. The highest BCUT2D eigenvalue weighted by molar-refractivity contribution is 6.31. The molecule has 0 fully saturated rings. The number of nitrogen functional groups attached to an aromatic ring is 1. The van der Waals surface area contributed by atoms with Gasteiger partial charge in [-0.3, -0.25) is 0 Å². The Kier molecular flexibility index (Phi) is 2.76. The van der Waals surface area contributed by atoms with Crippen LogP contribution in [0.1, 0.15) is 5.56 Å². The number of alkyl halides is 1. The molecule has 4 N–H and O–H groups in total. The van der Waals surface area contributed by atoms with Crippen molar-refractivity contribution in [2.45, 2.75) is 11.6 Å². The molecule has 3 atom stereocenters. The summed E-state index contributed by atoms with van der Waals surface area (Å²) in [5.41, 5.74) is 9.79. The van der Waals surface area contributed by atoms with Crippen molar-refractivity contribution in [3.8, 4) is 11.8 Å². The summed E-state index contributed by atoms with van der Waals surface area (Å²) in [6, 6.07) is 2.33. The molecular weight excluding hydrogens is 288 g/mol. The first-order valence-corrected chi connectivity index (χ1v) is 6.20. The van der Waals surface area contributed by atoms with Gasteiger partial charge in [0.25, 0.3) is 6.02 Å². The Bertz CT molecular complexity index is 682. The smallest absolute Gasteiger partial charge is 0.284 e. The molecule has 1 heterocycles. The molecule has 0 amide bonds. The van der Waals surface area contributed by atoms with Crippen LogP contribution < -0.4 is 11.5 Å². The number of aliphatic imine (C=N–C) groups is 1. The molecule has 0 saturated heterocycles. The van der Waals surface area contributed by atoms with Gasteiger partial charge in [0.2, 0.25) is 0 Å². The summed E-state index contributed by atoms with van der Waals surface area (Å²) in [6.07, 6.45) is -0.595. The van der Waals surface area contributed by atoms with Crippen molar-refractivity contribution in [2.24, 2.45) is 16.6 Å². The first-order valence-electron chi connectivity index (χ1n) is 5.82. The monoisotopic (exact) mass is 297 g/mol. The van der Waals surface area contributed by atoms with E-state index in [4.69, 9.17) is 27.8 Å². The topological polar surface area (TPSA) is 73.6 Å². The zero-order chi connectivity index (χ0) is 14.5. The SMILES string of the molecule is NC1=NC(CF)(c2cc(N)cc(Cl)c2F)C2C#CC2O1. The minimum absolute atomic E-state index is 0.0553. The van der Waals surface area contributed by atoms with Gasteiger partial charge in [0.15, 0.2) is 6.10 Å². The van der Waals surface area contributed by atoms with E-state index in [9.17, 15) is 8.78 Å². The summed E-state index contributed by atoms with van der Waals surface area (Å²) in [5.74, 6) is 4.05. The van der Waals surface area contributed by atoms with Crippen molar-refractivity contribution < 1.29 is 13.5 Å². The second-order valence-electron chi connectivity index (χ2n) is 4.68. The largest absolute Gasteiger partial charge is 0.447 e. The van der Waals surface area contributed by atoms with Gasteiger partial charge in [-0.05, 0) is 12.1 Å². The Balaban J connectivity index is 2.24. The number of rotatable bonds is 2. The third kappa shape index (κ3) is 1.63. The van der Waals surface area contributed by atoms with Gasteiger partial charge in [0, 0.05) is 11.3 Å². The normalized spacial score (nSPS) is 30.2. The summed E-state index contributed by atoms with van der Waals surface area (Å²) < 4.78 is 33.2. The van der Waals surface area contributed by atoms with Gasteiger partial charge in [-0.25, -0.2) is 13.8 Å². The van der Waals surface area contributed by atoms with Gasteiger partial charge in [0.1, 0.15) is 23.9 Å². The van der Waals surface area contributed by atoms with Crippen LogP contribution in [0, 0.1) is 23.6 Å². The second kappa shape index (κ2) is 4.25. The Labute approximate surface area is 118 Å². The molecule has 7 heteroatoms. The molecule has 0 bridgehead atoms. The van der Waals surface area contributed by atoms with Crippen LogP contribution in [0.5, 0.6) is 0 Å². The van der Waals surface area contributed by atoms with Crippen LogP contribution in [0.15, 0.2) is 17.1 Å². The lowest BCUT2D eigenvalue weighted by Crippen LogP contribution is -2.52. The summed E-state index contributed by atoms with van der Waals surface area (Å²) >= 11 is 5.77. The molecule has 0 spiro atoms. The Hall–Kier alpha value is -2.00. The highest BCUT2D eigenvalue weighted by Gasteiger charge is 2.53. The van der Waals surface area contributed by atoms with Crippen LogP contribution in [0.2, 0.25) is 5.02 Å². The first-order chi connectivity index (χ1) is 9.48. The zero-order valence-corrected chi connectivity index (χ0v) is 10.9. The van der Waals surface area contributed by atoms with E-state index >= 15 is 0 Å². The van der Waals surface area contributed by atoms with Crippen LogP contribution >= 0.6 is 11.6 Å². The number of anilines is 1. The standard InChI is InChI=1S/C13H10ClF2N3O/c14-9-4-6(17)3-8(11(9)16)13(5-15)7-1-2-10(7)20-12(18)19-13/h3-4,7,10H,5,17H2,(H2,18,19). The molecule has 1 aromatic carbocycles. The molecular formula is C13H10ClF2N3O. The number of hydrogen-bond donors (Lipinski definition) is 2. The molecule has 2 aliphatic rings. The number of nitrogens with two attached hydrogens (primary N) is 2. The van der Waals surface area contributed by atoms with Crippen molar-refractivity contribution in [3.05, 3.63) is 28.5 Å². The lowest BCUT2D eigenvalue weighted by atomic mass is 9.72. The van der Waals surface area contributed by atoms with E-state index in [0.717, 1.165) is 0 Å². The maximum atomic E-state index is 14.3. The average Bonchev–Trinajstić information content (AvgIpc) is 2.37. The van der Waals surface area contributed by atoms with E-state index in [1.807, 2.05) is 0 Å². The van der Waals surface area contributed by atoms with E-state index in [1.54, 1.807) is 0 Å². The average molecular weight is 298 g/mol. The van der Waals surface area contributed by atoms with Gasteiger partial charge in [0.05, 0.1) is 5.02 Å². The van der Waals surface area contributed by atoms with Crippen LogP contribution in [0.3, 0.4) is 0 Å². The summed E-state index contributed by atoms with van der Waals surface area (Å²) in [6.45, 7) is -0.983. The molecule has 1 aliphatic heterocycles. The minimum Gasteiger partial charge on any atom is -0.447 e. The molecule has 4 nitrogen and oxygen atoms in total. The third-order valence-corrected chi connectivity index (χ3v) is 3.75. The molecule has 3 unspecified atom stereocenters. The van der Waals surface area contributed by atoms with Crippen LogP contribution in [-0.2, 0) is 10.3 Å². The van der Waals surface area contributed by atoms with Crippen molar-refractivity contribution in [2.75, 3.05) is 12.4 Å². The lowest BCUT2D eigenvalue weighted by Gasteiger charge is -2.42. The fourth-order valence-corrected chi connectivity index (χ4v) is 2.69. The fraction of sp³-hybridized carbons (Fsp3) is 0.308. The maximum absolute atomic E-state index is 14.3. The van der Waals surface area contributed by atoms with Crippen LogP contribution in [-0.4, -0.2) is 18.8 Å². The maximum Gasteiger partial charge on any atom is 0.284 e. The van der Waals surface area contributed by atoms with Crippen molar-refractivity contribution in [3.63, 3.8) is 0 Å². The van der Waals surface area contributed by atoms with E-state index in [2.05, 4.69) is 16.8 Å². The number of hydrogen-bond acceptors (Lipinski definition) is 4. The number of nitrogens with zero attached hydrogens (tertiary/aromatic N) is 1. The first kappa shape index (κ1) is 13.0. The lowest BCUT2D eigenvalue weighted by molar-refractivity contribution is 0.0822. The second-order valence-corrected chi connectivity index (χ2v) is 5.08. The Morgan fingerprint density at radius 2 is 2.15 bits per heavy atom. The van der Waals surface area contributed by atoms with Gasteiger partial charge in [-0.1, -0.05) is 23.4 Å². The summed E-state index contributed by atoms with van der Waals surface area (Å²) in [4.78, 5) is 3.97. The van der Waals surface area contributed by atoms with Crippen molar-refractivity contribution >= 4 is 23.3 Å². The summed E-state index contributed by atoms with van der Waals surface area (Å²) in [7, 11) is 0. The third-order valence-electron chi connectivity index (χ3n) is 3.48. The number of ether oxygens (including phenoxy) is 1. The molecule has 0 saturated carbocycles. The molecule has 3 rings (SSSR count). The fourth-order valence-electron chi connectivity index (χ4n) is 2.46. The summed E-state index contributed by atoms with van der Waals surface area (Å²) in [5, 5.41) is -0.197. The van der Waals surface area contributed by atoms with E-state index in [0.29, 0.717) is 0 Å². The highest BCUT2D eigenvalue weighted by Crippen LogP contribution is 2.45. The predicted molar refractivity (Wildman–Crippen MR) is 71.2 cm³/mol. The van der Waals surface area contributed by atoms with E-state index < -0.39 is 30.1 Å². The number of halogens is 3. The molecule has 20 heavy (non-hydrogen) atoms. The number of benzene rings is 1. The molecule has 0 aromatic heterocycles. The highest BCUT2D eigenvalue weighted by atomic mass is 35.5. The predicted octanol–water partition coefficient (Wildman–Crippen LogP) is 1.57. The minimum atomic E-state index is -1.57. The molecule has 104 valence electrons. The van der Waals surface area contributed by atoms with Gasteiger partial charge in [-0.2, -0.15) is 0 Å². The van der Waals surface area contributed by atoms with Crippen LogP contribution in [0.25, 0.3) is 0 Å². The van der Waals surface area contributed by atoms with Crippen molar-refractivity contribution in [1.29, 1.82) is 0 Å². The molecule has 1 aliphatic carbocycles. The molecule has 1 aromatic rings. The van der Waals surface area contributed by atoms with Gasteiger partial charge < -0.3 is 16.2 Å². The number of amidine groups is 1. The van der Waals surface area contributed by atoms with E-state index in [-0.39, 0.29) is 22.3 Å². The number of fused-ring (bicyclic) bond motifs is 1. The van der Waals surface area contributed by atoms with Crippen molar-refractivity contribution in [1.82, 2.24) is 0 Å². The Morgan fingerprint density at radius 1 is 1.40 bits per heavy atom. The molecule has 0 radical (unpaired) electrons. The zero-order valence-electron chi connectivity index (χ0n) is 10.2. The van der Waals surface area contributed by atoms with Gasteiger partial charge in [-0.15, -0.1) is 0 Å². The van der Waals surface area contributed by atoms with E-state index in [1.165, 1.54) is 12.1 Å². The van der Waals surface area contributed by atoms with Gasteiger partial charge >= 0.3 is 0 Å².